The second-order valence-corrected chi connectivity index (χ2v) is 7.01. The van der Waals surface area contributed by atoms with Crippen LogP contribution in [-0.4, -0.2) is 29.4 Å². The van der Waals surface area contributed by atoms with E-state index in [0.29, 0.717) is 19.3 Å². The van der Waals surface area contributed by atoms with Gasteiger partial charge in [-0.2, -0.15) is 5.26 Å². The lowest BCUT2D eigenvalue weighted by Gasteiger charge is -2.38. The number of likely N-dealkylation sites (tertiary alicyclic amines) is 1. The van der Waals surface area contributed by atoms with Gasteiger partial charge in [0.05, 0.1) is 6.07 Å². The van der Waals surface area contributed by atoms with E-state index in [0.717, 1.165) is 25.2 Å². The summed E-state index contributed by atoms with van der Waals surface area (Å²) in [5.74, 6) is -0.189. The van der Waals surface area contributed by atoms with Gasteiger partial charge in [0.1, 0.15) is 5.54 Å². The molecule has 4 heteroatoms. The number of nitrogens with one attached hydrogen (secondary N) is 1. The van der Waals surface area contributed by atoms with E-state index < -0.39 is 5.54 Å². The van der Waals surface area contributed by atoms with Crippen molar-refractivity contribution in [1.29, 1.82) is 5.26 Å². The van der Waals surface area contributed by atoms with Crippen LogP contribution in [0.15, 0.2) is 42.5 Å². The molecular formula is C20H27N3O. The minimum atomic E-state index is -0.729. The van der Waals surface area contributed by atoms with Gasteiger partial charge >= 0.3 is 0 Å². The Hall–Kier alpha value is -2.12. The van der Waals surface area contributed by atoms with Crippen molar-refractivity contribution >= 4 is 5.91 Å². The van der Waals surface area contributed by atoms with Crippen LogP contribution in [-0.2, 0) is 11.3 Å². The first-order valence-corrected chi connectivity index (χ1v) is 8.58. The highest BCUT2D eigenvalue weighted by atomic mass is 16.2. The monoisotopic (exact) mass is 325 g/mol. The quantitative estimate of drug-likeness (QED) is 0.817. The molecule has 0 unspecified atom stereocenters. The summed E-state index contributed by atoms with van der Waals surface area (Å²) >= 11 is 0. The molecule has 1 aliphatic rings. The summed E-state index contributed by atoms with van der Waals surface area (Å²) in [5.41, 5.74) is 1.54. The van der Waals surface area contributed by atoms with Gasteiger partial charge in [-0.1, -0.05) is 42.8 Å². The van der Waals surface area contributed by atoms with Crippen molar-refractivity contribution in [3.63, 3.8) is 0 Å². The van der Waals surface area contributed by atoms with E-state index in [1.54, 1.807) is 0 Å². The fourth-order valence-electron chi connectivity index (χ4n) is 3.17. The molecule has 2 rings (SSSR count). The Bertz CT molecular complexity index is 610. The number of nitriles is 1. The first-order valence-electron chi connectivity index (χ1n) is 8.58. The summed E-state index contributed by atoms with van der Waals surface area (Å²) in [7, 11) is 0. The van der Waals surface area contributed by atoms with Crippen LogP contribution in [0, 0.1) is 17.2 Å². The zero-order valence-corrected chi connectivity index (χ0v) is 14.7. The molecule has 0 bridgehead atoms. The van der Waals surface area contributed by atoms with Gasteiger partial charge in [0, 0.05) is 25.6 Å². The molecule has 1 aliphatic heterocycles. The summed E-state index contributed by atoms with van der Waals surface area (Å²) in [4.78, 5) is 14.7. The maximum absolute atomic E-state index is 12.4. The highest BCUT2D eigenvalue weighted by Gasteiger charge is 2.36. The summed E-state index contributed by atoms with van der Waals surface area (Å²) in [6.07, 6.45) is 2.00. The molecule has 1 fully saturated rings. The van der Waals surface area contributed by atoms with Crippen LogP contribution in [0.25, 0.3) is 0 Å². The van der Waals surface area contributed by atoms with E-state index in [4.69, 9.17) is 0 Å². The summed E-state index contributed by atoms with van der Waals surface area (Å²) in [5, 5.41) is 12.6. The highest BCUT2D eigenvalue weighted by Crippen LogP contribution is 2.24. The van der Waals surface area contributed by atoms with Gasteiger partial charge in [0.15, 0.2) is 0 Å². The topological polar surface area (TPSA) is 56.1 Å². The fourth-order valence-corrected chi connectivity index (χ4v) is 3.17. The smallest absolute Gasteiger partial charge is 0.224 e. The number of allylic oxidation sites excluding steroid dienone is 1. The third-order valence-electron chi connectivity index (χ3n) is 4.64. The maximum Gasteiger partial charge on any atom is 0.224 e. The average molecular weight is 325 g/mol. The van der Waals surface area contributed by atoms with Crippen molar-refractivity contribution in [2.24, 2.45) is 5.92 Å². The molecule has 128 valence electrons. The van der Waals surface area contributed by atoms with Gasteiger partial charge < -0.3 is 5.32 Å². The van der Waals surface area contributed by atoms with Crippen LogP contribution in [0.5, 0.6) is 0 Å². The van der Waals surface area contributed by atoms with E-state index in [2.05, 4.69) is 35.0 Å². The minimum absolute atomic E-state index is 0.0453. The summed E-state index contributed by atoms with van der Waals surface area (Å²) < 4.78 is 0. The lowest BCUT2D eigenvalue weighted by Crippen LogP contribution is -2.55. The normalized spacial score (nSPS) is 18.4. The van der Waals surface area contributed by atoms with Gasteiger partial charge in [-0.25, -0.2) is 0 Å². The Morgan fingerprint density at radius 3 is 2.54 bits per heavy atom. The lowest BCUT2D eigenvalue weighted by atomic mass is 9.87. The van der Waals surface area contributed by atoms with E-state index in [-0.39, 0.29) is 11.8 Å². The molecule has 1 heterocycles. The van der Waals surface area contributed by atoms with Gasteiger partial charge in [0.25, 0.3) is 0 Å². The molecule has 1 amide bonds. The Morgan fingerprint density at radius 1 is 1.38 bits per heavy atom. The SMILES string of the molecule is C=C(C)C[C@@H](C)C(=O)NC1(C#N)CCN(Cc2ccccc2)CC1. The van der Waals surface area contributed by atoms with E-state index >= 15 is 0 Å². The molecule has 0 radical (unpaired) electrons. The number of rotatable bonds is 6. The van der Waals surface area contributed by atoms with Crippen molar-refractivity contribution in [2.45, 2.75) is 45.2 Å². The molecule has 24 heavy (non-hydrogen) atoms. The van der Waals surface area contributed by atoms with Gasteiger partial charge in [-0.3, -0.25) is 9.69 Å². The third kappa shape index (κ3) is 4.94. The van der Waals surface area contributed by atoms with Crippen LogP contribution in [0.3, 0.4) is 0 Å². The Kier molecular flexibility index (Phi) is 6.16. The maximum atomic E-state index is 12.4. The number of nitrogens with zero attached hydrogens (tertiary/aromatic N) is 2. The van der Waals surface area contributed by atoms with Crippen molar-refractivity contribution in [2.75, 3.05) is 13.1 Å². The fraction of sp³-hybridized carbons (Fsp3) is 0.500. The van der Waals surface area contributed by atoms with Crippen molar-refractivity contribution in [3.8, 4) is 6.07 Å². The molecule has 1 atom stereocenters. The minimum Gasteiger partial charge on any atom is -0.337 e. The number of hydrogen-bond acceptors (Lipinski definition) is 3. The number of hydrogen-bond donors (Lipinski definition) is 1. The number of benzene rings is 1. The van der Waals surface area contributed by atoms with Crippen molar-refractivity contribution in [1.82, 2.24) is 10.2 Å². The Labute approximate surface area is 145 Å². The second-order valence-electron chi connectivity index (χ2n) is 7.01. The first-order chi connectivity index (χ1) is 11.4. The standard InChI is InChI=1S/C20H27N3O/c1-16(2)13-17(3)19(24)22-20(15-21)9-11-23(12-10-20)14-18-7-5-4-6-8-18/h4-8,17H,1,9-14H2,2-3H3,(H,22,24)/t17-/m1/s1. The molecule has 0 spiro atoms. The molecule has 0 aliphatic carbocycles. The third-order valence-corrected chi connectivity index (χ3v) is 4.64. The van der Waals surface area contributed by atoms with Gasteiger partial charge in [-0.15, -0.1) is 6.58 Å². The molecule has 1 N–H and O–H groups in total. The zero-order valence-electron chi connectivity index (χ0n) is 14.7. The van der Waals surface area contributed by atoms with Crippen LogP contribution in [0.4, 0.5) is 0 Å². The Balaban J connectivity index is 1.90. The molecule has 0 aromatic heterocycles. The number of carbonyl (C=O) groups excluding carboxylic acids is 1. The van der Waals surface area contributed by atoms with Crippen LogP contribution in [0.2, 0.25) is 0 Å². The highest BCUT2D eigenvalue weighted by molar-refractivity contribution is 5.79. The lowest BCUT2D eigenvalue weighted by molar-refractivity contribution is -0.126. The van der Waals surface area contributed by atoms with Gasteiger partial charge in [-0.05, 0) is 31.7 Å². The van der Waals surface area contributed by atoms with E-state index in [9.17, 15) is 10.1 Å². The van der Waals surface area contributed by atoms with E-state index in [1.165, 1.54) is 5.56 Å². The second kappa shape index (κ2) is 8.12. The van der Waals surface area contributed by atoms with Crippen molar-refractivity contribution in [3.05, 3.63) is 48.0 Å². The van der Waals surface area contributed by atoms with Crippen molar-refractivity contribution < 1.29 is 4.79 Å². The molecule has 4 nitrogen and oxygen atoms in total. The molecular weight excluding hydrogens is 298 g/mol. The van der Waals surface area contributed by atoms with Crippen LogP contribution in [0.1, 0.15) is 38.7 Å². The Morgan fingerprint density at radius 2 is 2.00 bits per heavy atom. The molecule has 1 saturated heterocycles. The first kappa shape index (κ1) is 18.2. The molecule has 1 aromatic rings. The van der Waals surface area contributed by atoms with Crippen LogP contribution >= 0.6 is 0 Å². The molecule has 0 saturated carbocycles. The number of piperidine rings is 1. The largest absolute Gasteiger partial charge is 0.337 e. The predicted molar refractivity (Wildman–Crippen MR) is 96.0 cm³/mol. The van der Waals surface area contributed by atoms with Crippen LogP contribution < -0.4 is 5.32 Å². The zero-order chi connectivity index (χ0) is 17.6. The predicted octanol–water partition coefficient (Wildman–Crippen LogP) is 3.26. The van der Waals surface area contributed by atoms with E-state index in [1.807, 2.05) is 32.0 Å². The number of carbonyl (C=O) groups is 1. The average Bonchev–Trinajstić information content (AvgIpc) is 2.57. The molecule has 1 aromatic carbocycles. The summed E-state index contributed by atoms with van der Waals surface area (Å²) in [6, 6.07) is 12.7. The van der Waals surface area contributed by atoms with Gasteiger partial charge in [0.2, 0.25) is 5.91 Å². The summed E-state index contributed by atoms with van der Waals surface area (Å²) in [6.45, 7) is 10.2. The number of amides is 1.